The highest BCUT2D eigenvalue weighted by molar-refractivity contribution is 5.59. The Hall–Kier alpha value is -2.21. The fourth-order valence-corrected chi connectivity index (χ4v) is 3.57. The summed E-state index contributed by atoms with van der Waals surface area (Å²) in [4.78, 5) is 4.34. The summed E-state index contributed by atoms with van der Waals surface area (Å²) in [7, 11) is 0. The second kappa shape index (κ2) is 8.94. The molecule has 0 amide bonds. The van der Waals surface area contributed by atoms with Crippen LogP contribution in [0.2, 0.25) is 0 Å². The van der Waals surface area contributed by atoms with Crippen LogP contribution in [-0.2, 0) is 0 Å². The predicted octanol–water partition coefficient (Wildman–Crippen LogP) is 6.37. The minimum absolute atomic E-state index is 0.485. The maximum absolute atomic E-state index is 13.3. The summed E-state index contributed by atoms with van der Waals surface area (Å²) in [5.74, 6) is 6.29. The van der Waals surface area contributed by atoms with Gasteiger partial charge in [0.1, 0.15) is 0 Å². The van der Waals surface area contributed by atoms with Gasteiger partial charge in [0, 0.05) is 23.2 Å². The second-order valence-corrected chi connectivity index (χ2v) is 7.19. The summed E-state index contributed by atoms with van der Waals surface area (Å²) in [5.41, 5.74) is 2.05. The van der Waals surface area contributed by atoms with Crippen LogP contribution >= 0.6 is 0 Å². The van der Waals surface area contributed by atoms with E-state index in [4.69, 9.17) is 0 Å². The van der Waals surface area contributed by atoms with Gasteiger partial charge in [0.15, 0.2) is 11.6 Å². The van der Waals surface area contributed by atoms with Crippen LogP contribution in [0.4, 0.5) is 8.78 Å². The first-order valence-corrected chi connectivity index (χ1v) is 9.58. The fraction of sp³-hybridized carbons (Fsp3) is 0.435. The highest BCUT2D eigenvalue weighted by Gasteiger charge is 2.19. The van der Waals surface area contributed by atoms with E-state index in [0.29, 0.717) is 17.2 Å². The molecular formula is C23H25F2N. The normalized spacial score (nSPS) is 19.7. The molecule has 0 atom stereocenters. The molecule has 0 radical (unpaired) electrons. The lowest BCUT2D eigenvalue weighted by Crippen LogP contribution is -2.13. The number of hydrogen-bond donors (Lipinski definition) is 0. The van der Waals surface area contributed by atoms with Crippen LogP contribution in [0.1, 0.15) is 57.4 Å². The second-order valence-electron chi connectivity index (χ2n) is 7.19. The summed E-state index contributed by atoms with van der Waals surface area (Å²) in [6.45, 7) is 2.25. The van der Waals surface area contributed by atoms with Crippen LogP contribution in [0.25, 0.3) is 11.3 Å². The molecule has 3 heteroatoms. The third kappa shape index (κ3) is 4.91. The zero-order chi connectivity index (χ0) is 18.4. The quantitative estimate of drug-likeness (QED) is 0.582. The third-order valence-corrected chi connectivity index (χ3v) is 5.21. The minimum atomic E-state index is -0.859. The maximum atomic E-state index is 13.3. The summed E-state index contributed by atoms with van der Waals surface area (Å²) in [5, 5.41) is 0. The highest BCUT2D eigenvalue weighted by Crippen LogP contribution is 2.31. The number of aromatic nitrogens is 1. The molecule has 0 aliphatic heterocycles. The van der Waals surface area contributed by atoms with Gasteiger partial charge >= 0.3 is 0 Å². The van der Waals surface area contributed by atoms with Gasteiger partial charge in [-0.15, -0.1) is 0 Å². The molecule has 1 aliphatic rings. The lowest BCUT2D eigenvalue weighted by atomic mass is 9.80. The van der Waals surface area contributed by atoms with Crippen LogP contribution in [0, 0.1) is 35.3 Å². The number of rotatable bonds is 4. The first kappa shape index (κ1) is 18.6. The lowest BCUT2D eigenvalue weighted by molar-refractivity contribution is 0.296. The van der Waals surface area contributed by atoms with Crippen molar-refractivity contribution in [2.75, 3.05) is 0 Å². The molecular weight excluding hydrogens is 328 g/mol. The Morgan fingerprint density at radius 1 is 1.04 bits per heavy atom. The van der Waals surface area contributed by atoms with Crippen molar-refractivity contribution in [1.82, 2.24) is 4.98 Å². The summed E-state index contributed by atoms with van der Waals surface area (Å²) in [6.07, 6.45) is 10.7. The zero-order valence-electron chi connectivity index (χ0n) is 15.3. The largest absolute Gasteiger partial charge is 0.255 e. The average Bonchev–Trinajstić information content (AvgIpc) is 2.68. The predicted molar refractivity (Wildman–Crippen MR) is 101 cm³/mol. The molecule has 2 aromatic rings. The molecule has 1 nitrogen and oxygen atoms in total. The topological polar surface area (TPSA) is 12.9 Å². The number of nitrogens with zero attached hydrogens (tertiary/aromatic N) is 1. The number of halogens is 2. The van der Waals surface area contributed by atoms with Gasteiger partial charge in [-0.2, -0.15) is 0 Å². The van der Waals surface area contributed by atoms with Gasteiger partial charge in [0.05, 0.1) is 5.69 Å². The molecule has 1 heterocycles. The molecule has 1 saturated carbocycles. The maximum Gasteiger partial charge on any atom is 0.159 e. The first-order chi connectivity index (χ1) is 12.7. The molecule has 3 rings (SSSR count). The van der Waals surface area contributed by atoms with Crippen molar-refractivity contribution in [1.29, 1.82) is 0 Å². The van der Waals surface area contributed by atoms with E-state index >= 15 is 0 Å². The Labute approximate surface area is 154 Å². The van der Waals surface area contributed by atoms with Gasteiger partial charge in [0.25, 0.3) is 0 Å². The van der Waals surface area contributed by atoms with Gasteiger partial charge in [-0.25, -0.2) is 8.78 Å². The summed E-state index contributed by atoms with van der Waals surface area (Å²) < 4.78 is 26.4. The molecule has 1 aliphatic carbocycles. The average molecular weight is 353 g/mol. The Kier molecular flexibility index (Phi) is 6.39. The van der Waals surface area contributed by atoms with Gasteiger partial charge < -0.3 is 0 Å². The Morgan fingerprint density at radius 2 is 1.85 bits per heavy atom. The van der Waals surface area contributed by atoms with E-state index in [9.17, 15) is 8.78 Å². The summed E-state index contributed by atoms with van der Waals surface area (Å²) in [6, 6.07) is 7.52. The Bertz CT molecular complexity index is 778. The van der Waals surface area contributed by atoms with E-state index in [1.165, 1.54) is 57.1 Å². The molecule has 26 heavy (non-hydrogen) atoms. The van der Waals surface area contributed by atoms with Crippen LogP contribution in [0.15, 0.2) is 36.5 Å². The number of benzene rings is 1. The molecule has 0 unspecified atom stereocenters. The van der Waals surface area contributed by atoms with E-state index in [-0.39, 0.29) is 0 Å². The van der Waals surface area contributed by atoms with Gasteiger partial charge in [-0.05, 0) is 61.9 Å². The molecule has 0 N–H and O–H groups in total. The molecule has 0 saturated heterocycles. The smallest absolute Gasteiger partial charge is 0.159 e. The van der Waals surface area contributed by atoms with Crippen LogP contribution in [0.5, 0.6) is 0 Å². The van der Waals surface area contributed by atoms with Gasteiger partial charge in [-0.3, -0.25) is 4.98 Å². The lowest BCUT2D eigenvalue weighted by Gasteiger charge is -2.25. The van der Waals surface area contributed by atoms with Crippen molar-refractivity contribution >= 4 is 0 Å². The monoisotopic (exact) mass is 353 g/mol. The molecule has 1 aromatic carbocycles. The minimum Gasteiger partial charge on any atom is -0.255 e. The standard InChI is InChI=1S/C23H25F2N/c1-2-3-4-17-5-7-18(8-6-17)9-10-19-11-14-23(26-16-19)20-12-13-21(24)22(25)15-20/h11-18H,2-8H2,1H3/t17-,18-. The fourth-order valence-electron chi connectivity index (χ4n) is 3.57. The van der Waals surface area contributed by atoms with E-state index in [1.54, 1.807) is 12.3 Å². The van der Waals surface area contributed by atoms with Crippen molar-refractivity contribution in [3.63, 3.8) is 0 Å². The van der Waals surface area contributed by atoms with Gasteiger partial charge in [0.2, 0.25) is 0 Å². The highest BCUT2D eigenvalue weighted by atomic mass is 19.2. The third-order valence-electron chi connectivity index (χ3n) is 5.21. The molecule has 1 aromatic heterocycles. The number of hydrogen-bond acceptors (Lipinski definition) is 1. The molecule has 0 bridgehead atoms. The Morgan fingerprint density at radius 3 is 2.50 bits per heavy atom. The Balaban J connectivity index is 1.58. The SMILES string of the molecule is CCCC[C@H]1CC[C@H](C#Cc2ccc(-c3ccc(F)c(F)c3)nc2)CC1. The van der Waals surface area contributed by atoms with Crippen molar-refractivity contribution in [3.05, 3.63) is 53.7 Å². The molecule has 136 valence electrons. The first-order valence-electron chi connectivity index (χ1n) is 9.58. The van der Waals surface area contributed by atoms with Crippen LogP contribution < -0.4 is 0 Å². The number of unbranched alkanes of at least 4 members (excludes halogenated alkanes) is 1. The zero-order valence-corrected chi connectivity index (χ0v) is 15.3. The molecule has 1 fully saturated rings. The van der Waals surface area contributed by atoms with Crippen molar-refractivity contribution in [2.24, 2.45) is 11.8 Å². The van der Waals surface area contributed by atoms with E-state index < -0.39 is 11.6 Å². The van der Waals surface area contributed by atoms with Crippen LogP contribution in [0.3, 0.4) is 0 Å². The van der Waals surface area contributed by atoms with E-state index in [2.05, 4.69) is 23.7 Å². The van der Waals surface area contributed by atoms with Crippen molar-refractivity contribution in [3.8, 4) is 23.1 Å². The van der Waals surface area contributed by atoms with E-state index in [0.717, 1.165) is 17.5 Å². The van der Waals surface area contributed by atoms with Crippen molar-refractivity contribution in [2.45, 2.75) is 51.9 Å². The van der Waals surface area contributed by atoms with Crippen molar-refractivity contribution < 1.29 is 8.78 Å². The summed E-state index contributed by atoms with van der Waals surface area (Å²) >= 11 is 0. The van der Waals surface area contributed by atoms with Crippen LogP contribution in [-0.4, -0.2) is 4.98 Å². The van der Waals surface area contributed by atoms with Gasteiger partial charge in [-0.1, -0.05) is 38.0 Å². The number of pyridine rings is 1. The van der Waals surface area contributed by atoms with E-state index in [1.807, 2.05) is 6.07 Å². The molecule has 0 spiro atoms.